The average Bonchev–Trinajstić information content (AvgIpc) is 3.35. The molecule has 0 saturated carbocycles. The third-order valence-electron chi connectivity index (χ3n) is 4.83. The summed E-state index contributed by atoms with van der Waals surface area (Å²) in [5, 5.41) is 4.15. The molecule has 4 rings (SSSR count). The van der Waals surface area contributed by atoms with E-state index in [1.807, 2.05) is 0 Å². The van der Waals surface area contributed by atoms with Crippen molar-refractivity contribution < 1.29 is 35.6 Å². The predicted octanol–water partition coefficient (Wildman–Crippen LogP) is 6.36. The summed E-state index contributed by atoms with van der Waals surface area (Å²) >= 11 is 6.12. The van der Waals surface area contributed by atoms with E-state index < -0.39 is 29.8 Å². The van der Waals surface area contributed by atoms with E-state index in [1.54, 1.807) is 23.5 Å². The second-order valence-corrected chi connectivity index (χ2v) is 7.43. The van der Waals surface area contributed by atoms with Gasteiger partial charge in [-0.15, -0.1) is 0 Å². The van der Waals surface area contributed by atoms with Crippen LogP contribution in [0.15, 0.2) is 41.1 Å². The summed E-state index contributed by atoms with van der Waals surface area (Å²) in [6.07, 6.45) is -10.8. The maximum atomic E-state index is 13.5. The normalized spacial score (nSPS) is 13.5. The minimum atomic E-state index is -4.99. The van der Waals surface area contributed by atoms with Gasteiger partial charge in [-0.25, -0.2) is 4.98 Å². The summed E-state index contributed by atoms with van der Waals surface area (Å²) in [6, 6.07) is 5.79. The lowest BCUT2D eigenvalue weighted by Crippen LogP contribution is -2.31. The fourth-order valence-electron chi connectivity index (χ4n) is 3.12. The number of imidazole rings is 1. The van der Waals surface area contributed by atoms with Gasteiger partial charge < -0.3 is 9.26 Å². The Balaban J connectivity index is 1.72. The van der Waals surface area contributed by atoms with E-state index in [0.29, 0.717) is 35.0 Å². The first kappa shape index (κ1) is 22.9. The van der Waals surface area contributed by atoms with E-state index in [1.165, 1.54) is 6.20 Å². The number of aryl methyl sites for hydroxylation is 1. The highest BCUT2D eigenvalue weighted by molar-refractivity contribution is 6.29. The number of benzene rings is 1. The maximum Gasteiger partial charge on any atom is 0.425 e. The quantitative estimate of drug-likeness (QED) is 0.311. The first-order chi connectivity index (χ1) is 15.4. The van der Waals surface area contributed by atoms with E-state index in [9.17, 15) is 26.3 Å². The summed E-state index contributed by atoms with van der Waals surface area (Å²) in [6.45, 7) is 2.34. The Bertz CT molecular complexity index is 1330. The molecule has 0 N–H and O–H groups in total. The number of aromatic nitrogens is 4. The molecule has 0 bridgehead atoms. The van der Waals surface area contributed by atoms with Gasteiger partial charge in [-0.1, -0.05) is 16.8 Å². The number of halogens is 7. The second kappa shape index (κ2) is 7.94. The highest BCUT2D eigenvalue weighted by Crippen LogP contribution is 2.40. The van der Waals surface area contributed by atoms with Crippen LogP contribution in [0.5, 0.6) is 5.75 Å². The van der Waals surface area contributed by atoms with Gasteiger partial charge in [0.1, 0.15) is 16.5 Å². The van der Waals surface area contributed by atoms with Gasteiger partial charge in [-0.3, -0.25) is 4.40 Å². The Morgan fingerprint density at radius 1 is 1.09 bits per heavy atom. The van der Waals surface area contributed by atoms with Crippen molar-refractivity contribution in [1.82, 2.24) is 19.5 Å². The minimum Gasteiger partial charge on any atom is -0.481 e. The van der Waals surface area contributed by atoms with Gasteiger partial charge in [-0.2, -0.15) is 31.3 Å². The van der Waals surface area contributed by atoms with E-state index in [-0.39, 0.29) is 17.3 Å². The molecule has 1 unspecified atom stereocenters. The number of fused-ring (bicyclic) bond motifs is 1. The van der Waals surface area contributed by atoms with Crippen molar-refractivity contribution in [3.63, 3.8) is 0 Å². The Morgan fingerprint density at radius 2 is 1.82 bits per heavy atom. The van der Waals surface area contributed by atoms with Gasteiger partial charge in [0.2, 0.25) is 5.82 Å². The zero-order valence-corrected chi connectivity index (χ0v) is 17.5. The Morgan fingerprint density at radius 3 is 2.48 bits per heavy atom. The highest BCUT2D eigenvalue weighted by Gasteiger charge is 2.41. The van der Waals surface area contributed by atoms with Crippen LogP contribution < -0.4 is 4.74 Å². The lowest BCUT2D eigenvalue weighted by molar-refractivity contribution is -0.191. The standard InChI is InChI=1S/C20H13ClF6N4O2/c1-9-12(4-6-16-28-8-15(21)31(9)16)17-29-18(33-30-17)11-3-5-14(13(7-11)20(25,26)27)32-10(2)19(22,23)24/h3-8,10H,1-2H3. The van der Waals surface area contributed by atoms with Gasteiger partial charge in [0, 0.05) is 16.8 Å². The van der Waals surface area contributed by atoms with Crippen molar-refractivity contribution in [3.8, 4) is 28.6 Å². The van der Waals surface area contributed by atoms with Crippen LogP contribution in [0.25, 0.3) is 28.5 Å². The van der Waals surface area contributed by atoms with Crippen molar-refractivity contribution in [2.75, 3.05) is 0 Å². The average molecular weight is 491 g/mol. The Kier molecular flexibility index (Phi) is 5.51. The third kappa shape index (κ3) is 4.34. The number of hydrogen-bond donors (Lipinski definition) is 0. The largest absolute Gasteiger partial charge is 0.481 e. The molecule has 33 heavy (non-hydrogen) atoms. The molecule has 3 aromatic heterocycles. The van der Waals surface area contributed by atoms with Crippen LogP contribution in [0.1, 0.15) is 18.2 Å². The fraction of sp³-hybridized carbons (Fsp3) is 0.250. The molecule has 3 heterocycles. The van der Waals surface area contributed by atoms with Gasteiger partial charge in [-0.05, 0) is 44.2 Å². The van der Waals surface area contributed by atoms with E-state index >= 15 is 0 Å². The number of nitrogens with zero attached hydrogens (tertiary/aromatic N) is 4. The Hall–Kier alpha value is -3.28. The summed E-state index contributed by atoms with van der Waals surface area (Å²) in [5.41, 5.74) is 0.130. The molecule has 0 amide bonds. The van der Waals surface area contributed by atoms with Crippen molar-refractivity contribution >= 4 is 17.2 Å². The Labute approximate surface area is 186 Å². The van der Waals surface area contributed by atoms with Gasteiger partial charge in [0.15, 0.2) is 6.10 Å². The first-order valence-corrected chi connectivity index (χ1v) is 9.65. The van der Waals surface area contributed by atoms with Crippen LogP contribution in [0.2, 0.25) is 5.15 Å². The highest BCUT2D eigenvalue weighted by atomic mass is 35.5. The first-order valence-electron chi connectivity index (χ1n) is 9.28. The van der Waals surface area contributed by atoms with E-state index in [0.717, 1.165) is 12.1 Å². The van der Waals surface area contributed by atoms with Crippen LogP contribution in [-0.4, -0.2) is 31.8 Å². The van der Waals surface area contributed by atoms with Gasteiger partial charge in [0.25, 0.3) is 5.89 Å². The van der Waals surface area contributed by atoms with E-state index in [2.05, 4.69) is 19.9 Å². The molecule has 4 aromatic rings. The van der Waals surface area contributed by atoms with Crippen LogP contribution in [0, 0.1) is 6.92 Å². The second-order valence-electron chi connectivity index (χ2n) is 7.04. The number of ether oxygens (including phenoxy) is 1. The van der Waals surface area contributed by atoms with Crippen LogP contribution in [0.4, 0.5) is 26.3 Å². The number of hydrogen-bond acceptors (Lipinski definition) is 5. The molecule has 0 fully saturated rings. The number of rotatable bonds is 4. The van der Waals surface area contributed by atoms with Gasteiger partial charge in [0.05, 0.1) is 11.8 Å². The molecule has 0 spiro atoms. The lowest BCUT2D eigenvalue weighted by atomic mass is 10.1. The topological polar surface area (TPSA) is 65.5 Å². The van der Waals surface area contributed by atoms with Crippen molar-refractivity contribution in [2.24, 2.45) is 0 Å². The predicted molar refractivity (Wildman–Crippen MR) is 105 cm³/mol. The summed E-state index contributed by atoms with van der Waals surface area (Å²) in [7, 11) is 0. The molecule has 0 saturated heterocycles. The fourth-order valence-corrected chi connectivity index (χ4v) is 3.39. The van der Waals surface area contributed by atoms with Crippen molar-refractivity contribution in [3.05, 3.63) is 52.9 Å². The van der Waals surface area contributed by atoms with E-state index in [4.69, 9.17) is 16.1 Å². The minimum absolute atomic E-state index is 0.0775. The number of alkyl halides is 6. The molecule has 0 aliphatic rings. The van der Waals surface area contributed by atoms with Crippen molar-refractivity contribution in [2.45, 2.75) is 32.3 Å². The SMILES string of the molecule is Cc1c(-c2noc(-c3ccc(OC(C)C(F)(F)F)c(C(F)(F)F)c3)n2)ccc2ncc(Cl)n12. The molecule has 1 atom stereocenters. The summed E-state index contributed by atoms with van der Waals surface area (Å²) < 4.78 is 90.1. The molecule has 6 nitrogen and oxygen atoms in total. The summed E-state index contributed by atoms with van der Waals surface area (Å²) in [4.78, 5) is 8.26. The molecule has 0 radical (unpaired) electrons. The smallest absolute Gasteiger partial charge is 0.425 e. The maximum absolute atomic E-state index is 13.5. The third-order valence-corrected chi connectivity index (χ3v) is 5.10. The number of pyridine rings is 1. The monoisotopic (exact) mass is 490 g/mol. The van der Waals surface area contributed by atoms with Crippen molar-refractivity contribution in [1.29, 1.82) is 0 Å². The molecule has 13 heteroatoms. The molecule has 1 aromatic carbocycles. The zero-order chi connectivity index (χ0) is 24.1. The van der Waals surface area contributed by atoms with Crippen LogP contribution >= 0.6 is 11.6 Å². The molecule has 0 aliphatic heterocycles. The molecular formula is C20H13ClF6N4O2. The molecule has 0 aliphatic carbocycles. The van der Waals surface area contributed by atoms with Gasteiger partial charge >= 0.3 is 12.4 Å². The van der Waals surface area contributed by atoms with Crippen LogP contribution in [-0.2, 0) is 6.18 Å². The van der Waals surface area contributed by atoms with Crippen LogP contribution in [0.3, 0.4) is 0 Å². The summed E-state index contributed by atoms with van der Waals surface area (Å²) in [5.74, 6) is -1.15. The lowest BCUT2D eigenvalue weighted by Gasteiger charge is -2.20. The molecular weight excluding hydrogens is 478 g/mol. The zero-order valence-electron chi connectivity index (χ0n) is 16.8. The molecule has 174 valence electrons.